The molecule has 0 aliphatic carbocycles. The number of hydrogen-bond acceptors (Lipinski definition) is 8. The molecule has 10 heteroatoms. The molecule has 1 amide bonds. The van der Waals surface area contributed by atoms with Crippen LogP contribution < -0.4 is 26.6 Å². The van der Waals surface area contributed by atoms with Crippen LogP contribution in [0.2, 0.25) is 0 Å². The molecule has 3 saturated heterocycles. The maximum atomic E-state index is 13.5. The predicted octanol–water partition coefficient (Wildman–Crippen LogP) is 1.90. The summed E-state index contributed by atoms with van der Waals surface area (Å²) in [6.07, 6.45) is 2.18. The minimum Gasteiger partial charge on any atom is -0.325 e. The molecule has 40 heavy (non-hydrogen) atoms. The summed E-state index contributed by atoms with van der Waals surface area (Å²) >= 11 is 0. The molecule has 0 saturated carbocycles. The van der Waals surface area contributed by atoms with Crippen molar-refractivity contribution < 1.29 is 13.2 Å². The topological polar surface area (TPSA) is 115 Å². The minimum atomic E-state index is -3.63. The summed E-state index contributed by atoms with van der Waals surface area (Å²) in [6, 6.07) is 11.7. The molecular weight excluding hydrogens is 524 g/mol. The Bertz CT molecular complexity index is 1210. The van der Waals surface area contributed by atoms with Gasteiger partial charge in [0.15, 0.2) is 9.84 Å². The van der Waals surface area contributed by atoms with Gasteiger partial charge in [-0.1, -0.05) is 18.2 Å². The van der Waals surface area contributed by atoms with Gasteiger partial charge in [0.05, 0.1) is 11.4 Å². The first-order valence-electron chi connectivity index (χ1n) is 14.5. The Labute approximate surface area is 239 Å². The van der Waals surface area contributed by atoms with Crippen LogP contribution in [-0.2, 0) is 14.6 Å². The van der Waals surface area contributed by atoms with Gasteiger partial charge >= 0.3 is 0 Å². The third kappa shape index (κ3) is 8.34. The molecule has 2 aromatic carbocycles. The lowest BCUT2D eigenvalue weighted by Gasteiger charge is -2.35. The average molecular weight is 571 g/mol. The van der Waals surface area contributed by atoms with Crippen molar-refractivity contribution >= 4 is 21.4 Å². The number of aryl methyl sites for hydroxylation is 3. The highest BCUT2D eigenvalue weighted by molar-refractivity contribution is 7.92. The van der Waals surface area contributed by atoms with Crippen LogP contribution in [0.5, 0.6) is 0 Å². The van der Waals surface area contributed by atoms with E-state index in [1.54, 1.807) is 17.0 Å². The number of nitrogens with one attached hydrogen (secondary N) is 5. The maximum Gasteiger partial charge on any atom is 0.238 e. The number of piperidine rings is 1. The Morgan fingerprint density at radius 1 is 0.850 bits per heavy atom. The van der Waals surface area contributed by atoms with Gasteiger partial charge < -0.3 is 26.6 Å². The minimum absolute atomic E-state index is 0.0351. The second kappa shape index (κ2) is 14.5. The van der Waals surface area contributed by atoms with E-state index in [4.69, 9.17) is 0 Å². The summed E-state index contributed by atoms with van der Waals surface area (Å²) in [5.41, 5.74) is 4.89. The zero-order valence-electron chi connectivity index (χ0n) is 24.2. The van der Waals surface area contributed by atoms with E-state index in [9.17, 15) is 13.2 Å². The summed E-state index contributed by atoms with van der Waals surface area (Å²) in [7, 11) is -3.63. The van der Waals surface area contributed by atoms with E-state index in [0.717, 1.165) is 74.5 Å². The zero-order valence-corrected chi connectivity index (χ0v) is 25.0. The maximum absolute atomic E-state index is 13.5. The van der Waals surface area contributed by atoms with Crippen molar-refractivity contribution in [3.05, 3.63) is 58.7 Å². The van der Waals surface area contributed by atoms with Crippen LogP contribution in [0.15, 0.2) is 41.3 Å². The van der Waals surface area contributed by atoms with Crippen LogP contribution in [0.4, 0.5) is 5.69 Å². The van der Waals surface area contributed by atoms with Gasteiger partial charge in [0.1, 0.15) is 5.37 Å². The van der Waals surface area contributed by atoms with Crippen molar-refractivity contribution in [2.24, 2.45) is 0 Å². The van der Waals surface area contributed by atoms with Crippen molar-refractivity contribution in [2.45, 2.75) is 49.8 Å². The van der Waals surface area contributed by atoms with Gasteiger partial charge in [-0.2, -0.15) is 0 Å². The van der Waals surface area contributed by atoms with E-state index >= 15 is 0 Å². The molecule has 0 aromatic heterocycles. The van der Waals surface area contributed by atoms with Crippen LogP contribution in [0.25, 0.3) is 0 Å². The van der Waals surface area contributed by atoms with Gasteiger partial charge in [-0.25, -0.2) is 8.42 Å². The highest BCUT2D eigenvalue weighted by Gasteiger charge is 2.36. The number of piperazine rings is 2. The van der Waals surface area contributed by atoms with Crippen molar-refractivity contribution in [3.8, 4) is 0 Å². The van der Waals surface area contributed by atoms with E-state index in [0.29, 0.717) is 30.4 Å². The second-order valence-corrected chi connectivity index (χ2v) is 13.3. The van der Waals surface area contributed by atoms with Crippen LogP contribution in [0, 0.1) is 20.8 Å². The first-order chi connectivity index (χ1) is 19.2. The quantitative estimate of drug-likeness (QED) is 0.358. The Morgan fingerprint density at radius 2 is 1.48 bits per heavy atom. The Balaban J connectivity index is 0.000000546. The number of sulfone groups is 1. The Hall–Kier alpha value is -2.34. The largest absolute Gasteiger partial charge is 0.325 e. The smallest absolute Gasteiger partial charge is 0.238 e. The van der Waals surface area contributed by atoms with Crippen molar-refractivity contribution in [2.75, 3.05) is 70.8 Å². The zero-order chi connectivity index (χ0) is 28.5. The number of carbonyl (C=O) groups excluding carboxylic acids is 1. The van der Waals surface area contributed by atoms with Gasteiger partial charge in [0, 0.05) is 51.5 Å². The highest BCUT2D eigenvalue weighted by atomic mass is 32.2. The molecule has 220 valence electrons. The molecule has 1 unspecified atom stereocenters. The SMILES string of the molecule is C1CNCCN1.Cc1cc(C)cc(S(=O)(=O)C2CNCCN2CC(=O)Nc2cc(C3CCNCC3)ccc2C)c1. The van der Waals surface area contributed by atoms with Gasteiger partial charge in [-0.3, -0.25) is 9.69 Å². The molecule has 1 atom stereocenters. The molecule has 9 nitrogen and oxygen atoms in total. The molecule has 5 N–H and O–H groups in total. The van der Waals surface area contributed by atoms with E-state index in [1.165, 1.54) is 5.56 Å². The first-order valence-corrected chi connectivity index (χ1v) is 16.1. The Kier molecular flexibility index (Phi) is 11.1. The molecule has 2 aromatic rings. The third-order valence-corrected chi connectivity index (χ3v) is 9.91. The van der Waals surface area contributed by atoms with Gasteiger partial charge in [-0.05, 0) is 93.1 Å². The Morgan fingerprint density at radius 3 is 2.10 bits per heavy atom. The number of nitrogens with zero attached hydrogens (tertiary/aromatic N) is 1. The molecule has 3 heterocycles. The molecule has 3 aliphatic rings. The van der Waals surface area contributed by atoms with E-state index < -0.39 is 15.2 Å². The fraction of sp³-hybridized carbons (Fsp3) is 0.567. The number of rotatable bonds is 6. The van der Waals surface area contributed by atoms with Gasteiger partial charge in [0.25, 0.3) is 0 Å². The molecule has 3 fully saturated rings. The van der Waals surface area contributed by atoms with E-state index in [2.05, 4.69) is 44.8 Å². The van der Waals surface area contributed by atoms with Gasteiger partial charge in [0.2, 0.25) is 5.91 Å². The predicted molar refractivity (Wildman–Crippen MR) is 162 cm³/mol. The van der Waals surface area contributed by atoms with Crippen molar-refractivity contribution in [1.82, 2.24) is 26.2 Å². The fourth-order valence-corrected chi connectivity index (χ4v) is 7.55. The normalized spacial score (nSPS) is 20.8. The van der Waals surface area contributed by atoms with Crippen LogP contribution in [0.1, 0.15) is 41.0 Å². The summed E-state index contributed by atoms with van der Waals surface area (Å²) in [5, 5.41) is 15.3. The molecule has 0 radical (unpaired) electrons. The standard InChI is InChI=1S/C26H36N4O3S.C4H10N2/c1-18-12-19(2)14-23(13-18)34(32,33)26-16-28-10-11-30(26)17-25(31)29-24-15-22(5-4-20(24)3)21-6-8-27-9-7-21;1-2-6-4-3-5-1/h4-5,12-15,21,26-28H,6-11,16-17H2,1-3H3,(H,29,31);5-6H,1-4H2. The fourth-order valence-electron chi connectivity index (χ4n) is 5.62. The first kappa shape index (κ1) is 30.6. The molecule has 0 bridgehead atoms. The van der Waals surface area contributed by atoms with Crippen LogP contribution >= 0.6 is 0 Å². The van der Waals surface area contributed by atoms with Gasteiger partial charge in [-0.15, -0.1) is 0 Å². The number of anilines is 1. The van der Waals surface area contributed by atoms with Crippen LogP contribution in [0.3, 0.4) is 0 Å². The number of hydrogen-bond donors (Lipinski definition) is 5. The van der Waals surface area contributed by atoms with Crippen molar-refractivity contribution in [3.63, 3.8) is 0 Å². The summed E-state index contributed by atoms with van der Waals surface area (Å²) in [4.78, 5) is 15.2. The lowest BCUT2D eigenvalue weighted by Crippen LogP contribution is -2.56. The average Bonchev–Trinajstić information content (AvgIpc) is 2.96. The summed E-state index contributed by atoms with van der Waals surface area (Å²) < 4.78 is 27.0. The second-order valence-electron chi connectivity index (χ2n) is 11.1. The third-order valence-electron chi connectivity index (χ3n) is 7.83. The molecular formula is C30H46N6O3S. The number of benzene rings is 2. The monoisotopic (exact) mass is 570 g/mol. The van der Waals surface area contributed by atoms with E-state index in [1.807, 2.05) is 26.8 Å². The summed E-state index contributed by atoms with van der Waals surface area (Å²) in [6.45, 7) is 13.8. The molecule has 3 aliphatic heterocycles. The van der Waals surface area contributed by atoms with Crippen molar-refractivity contribution in [1.29, 1.82) is 0 Å². The number of amides is 1. The molecule has 0 spiro atoms. The lowest BCUT2D eigenvalue weighted by molar-refractivity contribution is -0.117. The van der Waals surface area contributed by atoms with E-state index in [-0.39, 0.29) is 12.5 Å². The highest BCUT2D eigenvalue weighted by Crippen LogP contribution is 2.29. The number of carbonyl (C=O) groups is 1. The van der Waals surface area contributed by atoms with Crippen LogP contribution in [-0.4, -0.2) is 90.0 Å². The summed E-state index contributed by atoms with van der Waals surface area (Å²) in [5.74, 6) is 0.311. The molecule has 5 rings (SSSR count). The lowest BCUT2D eigenvalue weighted by atomic mass is 9.89.